The van der Waals surface area contributed by atoms with Crippen LogP contribution in [0.2, 0.25) is 0 Å². The molecule has 1 saturated heterocycles. The second-order valence-electron chi connectivity index (χ2n) is 14.8. The molecule has 1 aromatic carbocycles. The average molecular weight is 729 g/mol. The maximum Gasteiger partial charge on any atom is 0.410 e. The number of rotatable bonds is 7. The third-order valence-electron chi connectivity index (χ3n) is 10.8. The summed E-state index contributed by atoms with van der Waals surface area (Å²) in [6.45, 7) is 4.27. The smallest absolute Gasteiger partial charge is 0.410 e. The van der Waals surface area contributed by atoms with Crippen LogP contribution in [0.1, 0.15) is 80.3 Å². The highest BCUT2D eigenvalue weighted by atomic mass is 16.6. The highest BCUT2D eigenvalue weighted by molar-refractivity contribution is 5.99. The topological polar surface area (TPSA) is 187 Å². The Morgan fingerprint density at radius 2 is 1.85 bits per heavy atom. The molecule has 2 aromatic rings. The minimum absolute atomic E-state index is 0.0413. The minimum atomic E-state index is -1.50. The van der Waals surface area contributed by atoms with Gasteiger partial charge < -0.3 is 35.6 Å². The van der Waals surface area contributed by atoms with Crippen LogP contribution >= 0.6 is 0 Å². The normalized spacial score (nSPS) is 26.5. The van der Waals surface area contributed by atoms with Crippen molar-refractivity contribution in [1.29, 1.82) is 0 Å². The molecule has 1 unspecified atom stereocenters. The minimum Gasteiger partial charge on any atom is -0.479 e. The van der Waals surface area contributed by atoms with Crippen molar-refractivity contribution in [2.24, 2.45) is 11.8 Å². The van der Waals surface area contributed by atoms with Gasteiger partial charge in [0.25, 0.3) is 5.91 Å². The third kappa shape index (κ3) is 8.52. The number of fused-ring (bicyclic) bond motifs is 3. The highest BCUT2D eigenvalue weighted by Crippen LogP contribution is 2.45. The van der Waals surface area contributed by atoms with Crippen LogP contribution in [0.3, 0.4) is 0 Å². The van der Waals surface area contributed by atoms with E-state index in [4.69, 9.17) is 4.74 Å². The third-order valence-corrected chi connectivity index (χ3v) is 10.8. The summed E-state index contributed by atoms with van der Waals surface area (Å²) < 4.78 is 5.93. The number of hydrogen-bond acceptors (Lipinski definition) is 8. The van der Waals surface area contributed by atoms with Crippen LogP contribution in [0.5, 0.6) is 0 Å². The molecule has 1 saturated carbocycles. The summed E-state index contributed by atoms with van der Waals surface area (Å²) >= 11 is 0. The number of carbonyl (C=O) groups is 6. The summed E-state index contributed by atoms with van der Waals surface area (Å²) in [7, 11) is 0. The number of nitrogens with one attached hydrogen (secondary N) is 3. The van der Waals surface area contributed by atoms with Gasteiger partial charge in [0.2, 0.25) is 17.7 Å². The van der Waals surface area contributed by atoms with Gasteiger partial charge in [0.15, 0.2) is 0 Å². The number of ether oxygens (including phenoxy) is 1. The summed E-state index contributed by atoms with van der Waals surface area (Å²) in [5.74, 6) is -4.15. The number of aromatic nitrogens is 1. The lowest BCUT2D eigenvalue weighted by Gasteiger charge is -2.31. The Labute approximate surface area is 308 Å². The molecular formula is C39H48N6O8. The van der Waals surface area contributed by atoms with Gasteiger partial charge in [0.05, 0.1) is 12.1 Å². The first-order valence-electron chi connectivity index (χ1n) is 18.5. The van der Waals surface area contributed by atoms with Crippen molar-refractivity contribution >= 4 is 35.7 Å². The number of hydrogen-bond donors (Lipinski definition) is 4. The quantitative estimate of drug-likeness (QED) is 0.311. The number of pyridine rings is 1. The molecule has 1 aliphatic carbocycles. The van der Waals surface area contributed by atoms with Crippen LogP contribution in [-0.4, -0.2) is 98.4 Å². The van der Waals surface area contributed by atoms with Gasteiger partial charge in [-0.05, 0) is 61.3 Å². The van der Waals surface area contributed by atoms with Crippen molar-refractivity contribution in [3.05, 3.63) is 77.6 Å². The predicted octanol–water partition coefficient (Wildman–Crippen LogP) is 2.97. The van der Waals surface area contributed by atoms with Crippen LogP contribution in [-0.2, 0) is 36.9 Å². The zero-order valence-electron chi connectivity index (χ0n) is 30.2. The van der Waals surface area contributed by atoms with E-state index in [0.717, 1.165) is 24.0 Å². The maximum atomic E-state index is 14.5. The Kier molecular flexibility index (Phi) is 11.4. The maximum absolute atomic E-state index is 14.5. The molecule has 4 heterocycles. The van der Waals surface area contributed by atoms with Crippen molar-refractivity contribution in [1.82, 2.24) is 30.7 Å². The fourth-order valence-electron chi connectivity index (χ4n) is 7.53. The molecule has 282 valence electrons. The number of benzene rings is 1. The molecule has 53 heavy (non-hydrogen) atoms. The van der Waals surface area contributed by atoms with Gasteiger partial charge in [-0.25, -0.2) is 9.59 Å². The molecule has 4 aliphatic rings. The van der Waals surface area contributed by atoms with Gasteiger partial charge in [-0.1, -0.05) is 63.1 Å². The number of nitrogens with zero attached hydrogens (tertiary/aromatic N) is 3. The molecular weight excluding hydrogens is 680 g/mol. The molecule has 6 rings (SSSR count). The molecule has 14 nitrogen and oxygen atoms in total. The average Bonchev–Trinajstić information content (AvgIpc) is 3.69. The van der Waals surface area contributed by atoms with E-state index in [-0.39, 0.29) is 37.3 Å². The van der Waals surface area contributed by atoms with Crippen molar-refractivity contribution < 1.29 is 38.6 Å². The Bertz CT molecular complexity index is 1750. The summed E-state index contributed by atoms with van der Waals surface area (Å²) in [6.07, 6.45) is 9.20. The van der Waals surface area contributed by atoms with Crippen LogP contribution in [0.4, 0.5) is 4.79 Å². The van der Waals surface area contributed by atoms with E-state index in [9.17, 15) is 33.9 Å². The Balaban J connectivity index is 1.23. The molecule has 0 bridgehead atoms. The highest BCUT2D eigenvalue weighted by Gasteiger charge is 2.61. The lowest BCUT2D eigenvalue weighted by molar-refractivity contribution is -0.146. The summed E-state index contributed by atoms with van der Waals surface area (Å²) in [5, 5.41) is 18.5. The van der Waals surface area contributed by atoms with Gasteiger partial charge in [0.1, 0.15) is 29.8 Å². The van der Waals surface area contributed by atoms with E-state index in [2.05, 4.69) is 20.9 Å². The first-order valence-corrected chi connectivity index (χ1v) is 18.5. The second-order valence-corrected chi connectivity index (χ2v) is 14.8. The van der Waals surface area contributed by atoms with Crippen LogP contribution in [0.15, 0.2) is 60.9 Å². The number of carboxylic acid groups (broad SMARTS) is 1. The van der Waals surface area contributed by atoms with E-state index in [0.29, 0.717) is 32.4 Å². The lowest BCUT2D eigenvalue weighted by Crippen LogP contribution is -2.58. The summed E-state index contributed by atoms with van der Waals surface area (Å²) in [4.78, 5) is 88.1. The number of aliphatic carboxylic acids is 1. The van der Waals surface area contributed by atoms with Crippen LogP contribution < -0.4 is 16.0 Å². The lowest BCUT2D eigenvalue weighted by atomic mass is 10.0. The first kappa shape index (κ1) is 37.5. The van der Waals surface area contributed by atoms with Crippen LogP contribution in [0.25, 0.3) is 0 Å². The Morgan fingerprint density at radius 3 is 2.58 bits per heavy atom. The predicted molar refractivity (Wildman–Crippen MR) is 192 cm³/mol. The van der Waals surface area contributed by atoms with E-state index in [1.54, 1.807) is 30.9 Å². The molecule has 14 heteroatoms. The number of amides is 5. The van der Waals surface area contributed by atoms with Crippen molar-refractivity contribution in [3.8, 4) is 0 Å². The Morgan fingerprint density at radius 1 is 1.06 bits per heavy atom. The SMILES string of the molecule is CC(C)C(NC(=O)c1cccnc1)C(=O)N[C@H]1CCCCCC=C[C@@H]2C[C@@]2(C(=O)O)NC(=O)[C@@H]2C[C@@H](OC(=O)N3CCc4ccccc4C3)CN2C1=O. The molecule has 5 amide bonds. The van der Waals surface area contributed by atoms with Gasteiger partial charge in [-0.15, -0.1) is 0 Å². The molecule has 3 aliphatic heterocycles. The number of carboxylic acids is 1. The largest absolute Gasteiger partial charge is 0.479 e. The van der Waals surface area contributed by atoms with Crippen molar-refractivity contribution in [3.63, 3.8) is 0 Å². The molecule has 0 spiro atoms. The molecule has 2 fully saturated rings. The fourth-order valence-corrected chi connectivity index (χ4v) is 7.53. The van der Waals surface area contributed by atoms with E-state index in [1.165, 1.54) is 17.3 Å². The zero-order chi connectivity index (χ0) is 37.7. The van der Waals surface area contributed by atoms with Gasteiger partial charge in [-0.2, -0.15) is 0 Å². The first-order chi connectivity index (χ1) is 25.5. The van der Waals surface area contributed by atoms with E-state index < -0.39 is 71.4 Å². The molecule has 0 radical (unpaired) electrons. The number of carbonyl (C=O) groups excluding carboxylic acids is 5. The van der Waals surface area contributed by atoms with Gasteiger partial charge in [0, 0.05) is 37.8 Å². The van der Waals surface area contributed by atoms with Gasteiger partial charge in [-0.3, -0.25) is 24.2 Å². The van der Waals surface area contributed by atoms with Crippen molar-refractivity contribution in [2.45, 2.75) is 102 Å². The fraction of sp³-hybridized carbons (Fsp3) is 0.513. The summed E-state index contributed by atoms with van der Waals surface area (Å²) in [5.41, 5.74) is 0.965. The molecule has 4 N–H and O–H groups in total. The standard InChI is InChI=1S/C39H48N6O8/c1-24(2)32(42-33(46)26-13-10-17-40-21-26)35(48)41-30-15-7-5-3-4-6-14-28-20-39(28,37(50)51)43-34(47)31-19-29(23-45(31)36(30)49)53-38(52)44-18-16-25-11-8-9-12-27(25)22-44/h6,8-14,17,21,24,28-32H,3-5,7,15-16,18-20,22-23H2,1-2H3,(H,41,48)(H,42,46)(H,43,47)(H,50,51)/t28-,29-,30+,31+,32?,39-/m1/s1. The monoisotopic (exact) mass is 728 g/mol. The molecule has 6 atom stereocenters. The second kappa shape index (κ2) is 16.2. The van der Waals surface area contributed by atoms with E-state index in [1.807, 2.05) is 36.4 Å². The van der Waals surface area contributed by atoms with Crippen molar-refractivity contribution in [2.75, 3.05) is 13.1 Å². The summed E-state index contributed by atoms with van der Waals surface area (Å²) in [6, 6.07) is 7.86. The van der Waals surface area contributed by atoms with E-state index >= 15 is 0 Å². The van der Waals surface area contributed by atoms with Gasteiger partial charge >= 0.3 is 12.1 Å². The molecule has 1 aromatic heterocycles. The van der Waals surface area contributed by atoms with Crippen LogP contribution in [0, 0.1) is 11.8 Å². The zero-order valence-corrected chi connectivity index (χ0v) is 30.2. The number of allylic oxidation sites excluding steroid dienone is 1. The Hall–Kier alpha value is -5.27.